The first-order valence-electron chi connectivity index (χ1n) is 7.75. The maximum Gasteiger partial charge on any atom is 0.338 e. The number of nitrogens with one attached hydrogen (secondary N) is 1. The zero-order valence-corrected chi connectivity index (χ0v) is 13.7. The first-order chi connectivity index (χ1) is 11.7. The summed E-state index contributed by atoms with van der Waals surface area (Å²) in [5.74, 6) is -0.843. The number of ether oxygens (including phenoxy) is 2. The van der Waals surface area contributed by atoms with Gasteiger partial charge in [-0.1, -0.05) is 48.5 Å². The number of carbonyl (C=O) groups is 2. The van der Waals surface area contributed by atoms with Crippen molar-refractivity contribution in [3.63, 3.8) is 0 Å². The lowest BCUT2D eigenvalue weighted by atomic mass is 10.00. The molecule has 126 valence electrons. The Morgan fingerprint density at radius 3 is 2.46 bits per heavy atom. The third-order valence-corrected chi connectivity index (χ3v) is 3.44. The largest absolute Gasteiger partial charge is 0.452 e. The van der Waals surface area contributed by atoms with Gasteiger partial charge in [0.05, 0.1) is 12.2 Å². The molecule has 0 unspecified atom stereocenters. The summed E-state index contributed by atoms with van der Waals surface area (Å²) >= 11 is 0. The van der Waals surface area contributed by atoms with E-state index in [9.17, 15) is 9.59 Å². The van der Waals surface area contributed by atoms with Crippen molar-refractivity contribution in [3.8, 4) is 0 Å². The van der Waals surface area contributed by atoms with Gasteiger partial charge in [0, 0.05) is 13.7 Å². The van der Waals surface area contributed by atoms with E-state index >= 15 is 0 Å². The van der Waals surface area contributed by atoms with Crippen LogP contribution in [0.15, 0.2) is 54.6 Å². The number of hydrogen-bond acceptors (Lipinski definition) is 4. The minimum Gasteiger partial charge on any atom is -0.452 e. The fourth-order valence-corrected chi connectivity index (χ4v) is 2.24. The normalized spacial score (nSPS) is 10.2. The van der Waals surface area contributed by atoms with Gasteiger partial charge in [0.1, 0.15) is 0 Å². The quantitative estimate of drug-likeness (QED) is 0.596. The van der Waals surface area contributed by atoms with Gasteiger partial charge >= 0.3 is 5.97 Å². The van der Waals surface area contributed by atoms with Crippen LogP contribution >= 0.6 is 0 Å². The summed E-state index contributed by atoms with van der Waals surface area (Å²) in [6.45, 7) is 0.499. The average Bonchev–Trinajstić information content (AvgIpc) is 2.61. The highest BCUT2D eigenvalue weighted by Crippen LogP contribution is 2.15. The molecular formula is C19H21NO4. The van der Waals surface area contributed by atoms with Crippen LogP contribution in [0, 0.1) is 0 Å². The van der Waals surface area contributed by atoms with Crippen molar-refractivity contribution in [1.29, 1.82) is 0 Å². The molecule has 2 rings (SSSR count). The molecule has 0 saturated carbocycles. The Balaban J connectivity index is 1.96. The number of rotatable bonds is 8. The molecule has 0 fully saturated rings. The monoisotopic (exact) mass is 327 g/mol. The molecule has 0 radical (unpaired) electrons. The van der Waals surface area contributed by atoms with E-state index in [0.717, 1.165) is 11.1 Å². The van der Waals surface area contributed by atoms with Crippen molar-refractivity contribution >= 4 is 11.9 Å². The van der Waals surface area contributed by atoms with E-state index < -0.39 is 5.97 Å². The molecule has 2 aromatic rings. The molecule has 5 nitrogen and oxygen atoms in total. The summed E-state index contributed by atoms with van der Waals surface area (Å²) in [5.41, 5.74) is 2.45. The number of amides is 1. The molecule has 0 saturated heterocycles. The van der Waals surface area contributed by atoms with Gasteiger partial charge < -0.3 is 14.8 Å². The highest BCUT2D eigenvalue weighted by atomic mass is 16.5. The van der Waals surface area contributed by atoms with Crippen molar-refractivity contribution in [2.45, 2.75) is 6.42 Å². The number of hydrogen-bond donors (Lipinski definition) is 1. The van der Waals surface area contributed by atoms with Crippen molar-refractivity contribution in [2.24, 2.45) is 0 Å². The van der Waals surface area contributed by atoms with Crippen LogP contribution in [0.2, 0.25) is 0 Å². The first-order valence-corrected chi connectivity index (χ1v) is 7.75. The van der Waals surface area contributed by atoms with Crippen LogP contribution in [0.25, 0.3) is 0 Å². The minimum atomic E-state index is -0.497. The molecule has 0 heterocycles. The highest BCUT2D eigenvalue weighted by Gasteiger charge is 2.14. The number of methoxy groups -OCH3 is 1. The third-order valence-electron chi connectivity index (χ3n) is 3.44. The minimum absolute atomic E-state index is 0.303. The van der Waals surface area contributed by atoms with Gasteiger partial charge in [0.2, 0.25) is 0 Å². The molecule has 2 aromatic carbocycles. The Morgan fingerprint density at radius 1 is 1.00 bits per heavy atom. The Kier molecular flexibility index (Phi) is 6.98. The first kappa shape index (κ1) is 17.7. The zero-order valence-electron chi connectivity index (χ0n) is 13.7. The van der Waals surface area contributed by atoms with Crippen molar-refractivity contribution in [3.05, 3.63) is 71.3 Å². The van der Waals surface area contributed by atoms with Crippen LogP contribution in [0.1, 0.15) is 21.5 Å². The van der Waals surface area contributed by atoms with Gasteiger partial charge in [0.25, 0.3) is 5.91 Å². The van der Waals surface area contributed by atoms with Gasteiger partial charge in [-0.05, 0) is 23.6 Å². The molecule has 1 amide bonds. The summed E-state index contributed by atoms with van der Waals surface area (Å²) in [6, 6.07) is 17.1. The molecular weight excluding hydrogens is 306 g/mol. The second kappa shape index (κ2) is 9.47. The van der Waals surface area contributed by atoms with Gasteiger partial charge in [-0.2, -0.15) is 0 Å². The number of esters is 1. The Morgan fingerprint density at radius 2 is 1.71 bits per heavy atom. The molecule has 0 aliphatic heterocycles. The molecule has 0 atom stereocenters. The van der Waals surface area contributed by atoms with E-state index in [-0.39, 0.29) is 12.5 Å². The molecule has 0 aliphatic carbocycles. The SMILES string of the molecule is COCCNC(=O)COC(=O)c1ccccc1Cc1ccccc1. The van der Waals surface area contributed by atoms with Gasteiger partial charge in [-0.15, -0.1) is 0 Å². The fraction of sp³-hybridized carbons (Fsp3) is 0.263. The van der Waals surface area contributed by atoms with E-state index in [2.05, 4.69) is 5.32 Å². The highest BCUT2D eigenvalue weighted by molar-refractivity contribution is 5.92. The average molecular weight is 327 g/mol. The predicted molar refractivity (Wildman–Crippen MR) is 90.9 cm³/mol. The maximum absolute atomic E-state index is 12.3. The maximum atomic E-state index is 12.3. The van der Waals surface area contributed by atoms with Crippen LogP contribution < -0.4 is 5.32 Å². The molecule has 0 spiro atoms. The summed E-state index contributed by atoms with van der Waals surface area (Å²) in [5, 5.41) is 2.60. The van der Waals surface area contributed by atoms with E-state index in [0.29, 0.717) is 25.1 Å². The number of benzene rings is 2. The number of carbonyl (C=O) groups excluding carboxylic acids is 2. The molecule has 1 N–H and O–H groups in total. The second-order valence-electron chi connectivity index (χ2n) is 5.24. The van der Waals surface area contributed by atoms with E-state index in [1.54, 1.807) is 19.2 Å². The second-order valence-corrected chi connectivity index (χ2v) is 5.24. The molecule has 0 bridgehead atoms. The smallest absolute Gasteiger partial charge is 0.338 e. The van der Waals surface area contributed by atoms with Crippen LogP contribution in [0.5, 0.6) is 0 Å². The Bertz CT molecular complexity index is 670. The van der Waals surface area contributed by atoms with Crippen molar-refractivity contribution < 1.29 is 19.1 Å². The fourth-order valence-electron chi connectivity index (χ4n) is 2.24. The van der Waals surface area contributed by atoms with Crippen LogP contribution in [-0.4, -0.2) is 38.7 Å². The lowest BCUT2D eigenvalue weighted by Gasteiger charge is -2.10. The zero-order chi connectivity index (χ0) is 17.2. The van der Waals surface area contributed by atoms with Crippen LogP contribution in [0.4, 0.5) is 0 Å². The molecule has 0 aliphatic rings. The summed E-state index contributed by atoms with van der Waals surface area (Å²) < 4.78 is 9.94. The van der Waals surface area contributed by atoms with Crippen LogP contribution in [-0.2, 0) is 20.7 Å². The Hall–Kier alpha value is -2.66. The molecule has 0 aromatic heterocycles. The van der Waals surface area contributed by atoms with E-state index in [4.69, 9.17) is 9.47 Å². The van der Waals surface area contributed by atoms with E-state index in [1.807, 2.05) is 42.5 Å². The van der Waals surface area contributed by atoms with Gasteiger partial charge in [-0.3, -0.25) is 4.79 Å². The van der Waals surface area contributed by atoms with Gasteiger partial charge in [0.15, 0.2) is 6.61 Å². The predicted octanol–water partition coefficient (Wildman–Crippen LogP) is 2.20. The summed E-state index contributed by atoms with van der Waals surface area (Å²) in [6.07, 6.45) is 0.631. The third kappa shape index (κ3) is 5.52. The van der Waals surface area contributed by atoms with E-state index in [1.165, 1.54) is 0 Å². The molecule has 24 heavy (non-hydrogen) atoms. The lowest BCUT2D eigenvalue weighted by Crippen LogP contribution is -2.31. The standard InChI is InChI=1S/C19H21NO4/c1-23-12-11-20-18(21)14-24-19(22)17-10-6-5-9-16(17)13-15-7-3-2-4-8-15/h2-10H,11-14H2,1H3,(H,20,21). The van der Waals surface area contributed by atoms with Crippen molar-refractivity contribution in [2.75, 3.05) is 26.9 Å². The summed E-state index contributed by atoms with van der Waals surface area (Å²) in [4.78, 5) is 23.8. The van der Waals surface area contributed by atoms with Crippen LogP contribution in [0.3, 0.4) is 0 Å². The molecule has 5 heteroatoms. The van der Waals surface area contributed by atoms with Crippen molar-refractivity contribution in [1.82, 2.24) is 5.32 Å². The summed E-state index contributed by atoms with van der Waals surface area (Å²) in [7, 11) is 1.55. The topological polar surface area (TPSA) is 64.6 Å². The Labute approximate surface area is 141 Å². The lowest BCUT2D eigenvalue weighted by molar-refractivity contribution is -0.124. The van der Waals surface area contributed by atoms with Gasteiger partial charge in [-0.25, -0.2) is 4.79 Å².